The summed E-state index contributed by atoms with van der Waals surface area (Å²) >= 11 is 0. The van der Waals surface area contributed by atoms with Crippen LogP contribution in [0, 0.1) is 28.6 Å². The Kier molecular flexibility index (Phi) is 45.4. The maximum Gasteiger partial charge on any atom is 1.00 e. The second-order valence-electron chi connectivity index (χ2n) is 20.6. The topological polar surface area (TPSA) is 209 Å². The van der Waals surface area contributed by atoms with Crippen LogP contribution < -0.4 is 56.1 Å². The van der Waals surface area contributed by atoms with Gasteiger partial charge in [-0.25, -0.2) is 4.72 Å². The van der Waals surface area contributed by atoms with Gasteiger partial charge in [0.25, 0.3) is 5.91 Å². The Labute approximate surface area is 490 Å². The number of esters is 4. The second kappa shape index (κ2) is 41.1. The van der Waals surface area contributed by atoms with Crippen LogP contribution in [0.15, 0.2) is 0 Å². The zero-order valence-electron chi connectivity index (χ0n) is 47.2. The van der Waals surface area contributed by atoms with E-state index in [0.29, 0.717) is 70.8 Å². The Morgan fingerprint density at radius 1 is 0.662 bits per heavy atom. The maximum absolute atomic E-state index is 11.9. The Morgan fingerprint density at radius 3 is 1.59 bits per heavy atom. The number of fused-ring (bicyclic) bond motifs is 1. The third-order valence-electron chi connectivity index (χ3n) is 12.3. The number of carbonyl (C=O) groups excluding carboxylic acids is 5. The molecule has 5 unspecified atom stereocenters. The fourth-order valence-electron chi connectivity index (χ4n) is 6.18. The van der Waals surface area contributed by atoms with Gasteiger partial charge in [-0.2, -0.15) is 21.6 Å². The molecule has 0 aromatic carbocycles. The van der Waals surface area contributed by atoms with Crippen LogP contribution >= 0.6 is 0 Å². The summed E-state index contributed by atoms with van der Waals surface area (Å²) in [7, 11) is -8.94. The van der Waals surface area contributed by atoms with E-state index in [0.717, 1.165) is 55.7 Å². The van der Waals surface area contributed by atoms with Gasteiger partial charge in [-0.1, -0.05) is 76.2 Å². The summed E-state index contributed by atoms with van der Waals surface area (Å²) in [4.78, 5) is 56.9. The van der Waals surface area contributed by atoms with Gasteiger partial charge >= 0.3 is 90.8 Å². The molecule has 1 saturated carbocycles. The van der Waals surface area contributed by atoms with Crippen molar-refractivity contribution in [2.45, 2.75) is 218 Å². The number of alkyl halides is 3. The number of sulfonamides is 1. The normalized spacial score (nSPS) is 17.0. The molecule has 16 nitrogen and oxygen atoms in total. The molecule has 1 heterocycles. The number of carbonyl (C=O) groups is 5. The van der Waals surface area contributed by atoms with E-state index in [4.69, 9.17) is 32.5 Å². The van der Waals surface area contributed by atoms with E-state index in [2.05, 4.69) is 37.8 Å². The van der Waals surface area contributed by atoms with E-state index in [9.17, 15) is 45.6 Å². The minimum atomic E-state index is -5.78. The molecule has 0 radical (unpaired) electrons. The maximum atomic E-state index is 11.9. The second-order valence-corrected chi connectivity index (χ2v) is 31.1. The summed E-state index contributed by atoms with van der Waals surface area (Å²) in [5.74, 6) is -2.10. The molecule has 0 aromatic heterocycles. The van der Waals surface area contributed by atoms with Gasteiger partial charge in [-0.3, -0.25) is 24.0 Å². The van der Waals surface area contributed by atoms with Crippen molar-refractivity contribution in [1.82, 2.24) is 4.72 Å². The largest absolute Gasteiger partial charge is 1.00 e. The first-order valence-electron chi connectivity index (χ1n) is 25.5. The molecule has 23 heteroatoms. The molecule has 1 amide bonds. The molecule has 74 heavy (non-hydrogen) atoms. The zero-order valence-corrected chi connectivity index (χ0v) is 53.1. The summed E-state index contributed by atoms with van der Waals surface area (Å²) in [6, 6.07) is 2.31. The van der Waals surface area contributed by atoms with Crippen molar-refractivity contribution < 1.29 is 134 Å². The average molecular weight is 1150 g/mol. The van der Waals surface area contributed by atoms with Gasteiger partial charge in [0.2, 0.25) is 0 Å². The van der Waals surface area contributed by atoms with Gasteiger partial charge < -0.3 is 37.3 Å². The molecule has 436 valence electrons. The molecule has 1 aliphatic heterocycles. The predicted molar refractivity (Wildman–Crippen MR) is 286 cm³/mol. The molecule has 2 rings (SSSR count). The van der Waals surface area contributed by atoms with Gasteiger partial charge in [0.05, 0.1) is 67.9 Å². The standard InChI is InChI=1S/C17H38O3Si2.C12H20O3.C11H22O4.C9H14F3NO5S.2CH4.K/c1-9-11-14-21(5,6)20-22(7,8)15-12-13-19-16(18)17(3,4)10-2;1-3-8(2)12(13)14-7-9-4-5-10-11(6-9)15-10;1-4-10(3)11(12)15-9-8-14-7-6-13-5-2;1-4-8(2,3)7(15)18-5-6(14)13-19(16,17)9(10,11)12;;;/h9-15H2,1-8H3;8-11H,3-7H2,1-2H3;10H,4-9H2,1-3H3;4-5H2,1-3H3,(H,13,14);2*1H4;/q;;;;;;+1. The molecule has 2 aliphatic rings. The Hall–Kier alpha value is -1.000. The number of hydrogen-bond donors (Lipinski definition) is 1. The van der Waals surface area contributed by atoms with Crippen LogP contribution in [0.25, 0.3) is 0 Å². The predicted octanol–water partition coefficient (Wildman–Crippen LogP) is 8.56. The van der Waals surface area contributed by atoms with Gasteiger partial charge in [0, 0.05) is 6.61 Å². The van der Waals surface area contributed by atoms with Crippen molar-refractivity contribution in [3.8, 4) is 0 Å². The van der Waals surface area contributed by atoms with Crippen LogP contribution in [0.4, 0.5) is 13.2 Å². The van der Waals surface area contributed by atoms with Gasteiger partial charge in [0.1, 0.15) is 6.61 Å². The molecule has 2 fully saturated rings. The molecule has 0 bridgehead atoms. The number of nitrogens with one attached hydrogen (secondary N) is 1. The fraction of sp³-hybridized carbons (Fsp3) is 0.902. The summed E-state index contributed by atoms with van der Waals surface area (Å²) in [6.45, 7) is 34.4. The summed E-state index contributed by atoms with van der Waals surface area (Å²) in [5.41, 5.74) is -6.88. The van der Waals surface area contributed by atoms with Crippen LogP contribution in [0.1, 0.15) is 162 Å². The minimum Gasteiger partial charge on any atom is -0.465 e. The van der Waals surface area contributed by atoms with Crippen LogP contribution in [0.3, 0.4) is 0 Å². The number of ether oxygens (including phenoxy) is 7. The first-order chi connectivity index (χ1) is 32.7. The van der Waals surface area contributed by atoms with Gasteiger partial charge in [-0.15, -0.1) is 0 Å². The number of hydrogen-bond acceptors (Lipinski definition) is 15. The Bertz CT molecular complexity index is 1670. The summed E-state index contributed by atoms with van der Waals surface area (Å²) in [5, 5.41) is 0. The number of unbranched alkanes of at least 4 members (excludes halogenated alkanes) is 1. The molecule has 5 atom stereocenters. The quantitative estimate of drug-likeness (QED) is 0.0245. The molecular weight excluding hydrogens is 1050 g/mol. The third-order valence-corrected chi connectivity index (χ3v) is 20.9. The van der Waals surface area contributed by atoms with E-state index >= 15 is 0 Å². The van der Waals surface area contributed by atoms with Gasteiger partial charge in [0.15, 0.2) is 23.2 Å². The fourth-order valence-corrected chi connectivity index (χ4v) is 15.7. The van der Waals surface area contributed by atoms with Crippen molar-refractivity contribution in [2.24, 2.45) is 28.6 Å². The van der Waals surface area contributed by atoms with Crippen LogP contribution in [0.5, 0.6) is 0 Å². The monoisotopic (exact) mass is 1150 g/mol. The Balaban J connectivity index is -0.000000285. The minimum absolute atomic E-state index is 0. The van der Waals surface area contributed by atoms with Crippen molar-refractivity contribution in [3.63, 3.8) is 0 Å². The van der Waals surface area contributed by atoms with Crippen LogP contribution in [0.2, 0.25) is 38.3 Å². The van der Waals surface area contributed by atoms with Crippen molar-refractivity contribution in [2.75, 3.05) is 52.9 Å². The van der Waals surface area contributed by atoms with E-state index < -0.39 is 56.1 Å². The Morgan fingerprint density at radius 2 is 1.14 bits per heavy atom. The van der Waals surface area contributed by atoms with Crippen molar-refractivity contribution in [3.05, 3.63) is 0 Å². The number of amides is 1. The molecule has 1 saturated heterocycles. The first-order valence-corrected chi connectivity index (χ1v) is 33.2. The number of epoxide rings is 1. The zero-order chi connectivity index (χ0) is 55.3. The van der Waals surface area contributed by atoms with E-state index in [1.807, 2.05) is 55.4 Å². The molecule has 1 N–H and O–H groups in total. The number of rotatable bonds is 29. The molecule has 0 spiro atoms. The van der Waals surface area contributed by atoms with E-state index in [-0.39, 0.29) is 101 Å². The van der Waals surface area contributed by atoms with E-state index in [1.54, 1.807) is 6.92 Å². The molecule has 0 aromatic rings. The SMILES string of the molecule is C.C.CCC(C)(C)C(=O)OCC(=O)NS(=O)(=O)C(F)(F)F.CCC(C)C(=O)OCC1CCC2OC2C1.CCCC[Si](C)(C)O[Si](C)(C)CCCOC(=O)C(C)(C)CC.CCOCCOCCOC(=O)C(C)CC.[K+]. The molecular formula is C51H102F3KNO15SSi2+. The third kappa shape index (κ3) is 37.7. The van der Waals surface area contributed by atoms with E-state index in [1.165, 1.54) is 32.7 Å². The summed E-state index contributed by atoms with van der Waals surface area (Å²) < 4.78 is 100. The average Bonchev–Trinajstić information content (AvgIpc) is 4.08. The van der Waals surface area contributed by atoms with Gasteiger partial charge in [-0.05, 0) is 130 Å². The van der Waals surface area contributed by atoms with Crippen LogP contribution in [-0.4, -0.2) is 125 Å². The van der Waals surface area contributed by atoms with Crippen molar-refractivity contribution in [1.29, 1.82) is 0 Å². The van der Waals surface area contributed by atoms with Crippen LogP contribution in [-0.2, 0) is 71.3 Å². The first kappa shape index (κ1) is 81.8. The van der Waals surface area contributed by atoms with Crippen molar-refractivity contribution >= 4 is 56.4 Å². The molecule has 1 aliphatic carbocycles. The number of halogens is 3. The summed E-state index contributed by atoms with van der Waals surface area (Å²) in [6.07, 6.45) is 10.7. The smallest absolute Gasteiger partial charge is 0.465 e.